The van der Waals surface area contributed by atoms with E-state index in [-0.39, 0.29) is 29.6 Å². The number of amides is 3. The Morgan fingerprint density at radius 3 is 2.41 bits per heavy atom. The molecule has 0 aromatic carbocycles. The minimum absolute atomic E-state index is 0.0419. The van der Waals surface area contributed by atoms with Gasteiger partial charge in [-0.1, -0.05) is 0 Å². The zero-order chi connectivity index (χ0) is 19.2. The monoisotopic (exact) mass is 436 g/mol. The molecule has 3 rings (SSSR count). The first-order valence-electron chi connectivity index (χ1n) is 9.51. The van der Waals surface area contributed by atoms with Gasteiger partial charge in [-0.3, -0.25) is 14.4 Å². The summed E-state index contributed by atoms with van der Waals surface area (Å²) in [6.45, 7) is 1.75. The number of carbonyl (C=O) groups is 3. The number of likely N-dealkylation sites (tertiary alicyclic amines) is 1. The number of anilines is 1. The largest absolute Gasteiger partial charge is 0.356 e. The van der Waals surface area contributed by atoms with Gasteiger partial charge in [0.2, 0.25) is 17.7 Å². The first kappa shape index (κ1) is 19.8. The molecule has 2 heterocycles. The van der Waals surface area contributed by atoms with Crippen molar-refractivity contribution in [1.29, 1.82) is 0 Å². The number of hydrogen-bond acceptors (Lipinski definition) is 4. The number of carbonyl (C=O) groups excluding carboxylic acids is 3. The molecule has 0 radical (unpaired) electrons. The number of pyridine rings is 1. The summed E-state index contributed by atoms with van der Waals surface area (Å²) in [6.07, 6.45) is 6.04. The van der Waals surface area contributed by atoms with Gasteiger partial charge in [-0.25, -0.2) is 4.98 Å². The Morgan fingerprint density at radius 2 is 1.78 bits per heavy atom. The van der Waals surface area contributed by atoms with Crippen molar-refractivity contribution in [3.8, 4) is 0 Å². The van der Waals surface area contributed by atoms with Crippen molar-refractivity contribution in [2.24, 2.45) is 11.8 Å². The van der Waals surface area contributed by atoms with Crippen LogP contribution in [0.3, 0.4) is 0 Å². The molecule has 1 saturated heterocycles. The summed E-state index contributed by atoms with van der Waals surface area (Å²) in [5, 5.41) is 5.72. The van der Waals surface area contributed by atoms with Gasteiger partial charge >= 0.3 is 0 Å². The Labute approximate surface area is 167 Å². The molecule has 2 N–H and O–H groups in total. The van der Waals surface area contributed by atoms with Crippen LogP contribution in [-0.4, -0.2) is 47.2 Å². The summed E-state index contributed by atoms with van der Waals surface area (Å²) < 4.78 is 0.861. The number of halogens is 1. The van der Waals surface area contributed by atoms with Gasteiger partial charge in [0.25, 0.3) is 0 Å². The molecule has 2 aliphatic rings. The number of piperidine rings is 1. The van der Waals surface area contributed by atoms with Gasteiger partial charge in [-0.05, 0) is 60.2 Å². The van der Waals surface area contributed by atoms with Gasteiger partial charge in [0, 0.05) is 48.6 Å². The molecule has 0 atom stereocenters. The maximum atomic E-state index is 12.4. The second-order valence-electron chi connectivity index (χ2n) is 7.17. The number of aromatic nitrogens is 1. The first-order valence-corrected chi connectivity index (χ1v) is 10.3. The molecule has 0 unspecified atom stereocenters. The SMILES string of the molecule is O=C(NCCCC(=O)N1CCC(C(=O)Nc2ccc(Br)cn2)CC1)C1CC1. The number of hydrogen-bond donors (Lipinski definition) is 2. The molecule has 1 aliphatic heterocycles. The second kappa shape index (κ2) is 9.30. The number of nitrogens with one attached hydrogen (secondary N) is 2. The lowest BCUT2D eigenvalue weighted by molar-refractivity contribution is -0.134. The smallest absolute Gasteiger partial charge is 0.228 e. The lowest BCUT2D eigenvalue weighted by Gasteiger charge is -2.31. The van der Waals surface area contributed by atoms with Crippen molar-refractivity contribution < 1.29 is 14.4 Å². The molecular formula is C19H25BrN4O3. The Hall–Kier alpha value is -1.96. The molecule has 1 aromatic heterocycles. The molecule has 1 aliphatic carbocycles. The summed E-state index contributed by atoms with van der Waals surface area (Å²) >= 11 is 3.31. The average molecular weight is 437 g/mol. The highest BCUT2D eigenvalue weighted by Crippen LogP contribution is 2.28. The topological polar surface area (TPSA) is 91.4 Å². The predicted octanol–water partition coefficient (Wildman–Crippen LogP) is 2.33. The third-order valence-corrected chi connectivity index (χ3v) is 5.48. The lowest BCUT2D eigenvalue weighted by atomic mass is 9.95. The Morgan fingerprint density at radius 1 is 1.07 bits per heavy atom. The van der Waals surface area contributed by atoms with Crippen LogP contribution in [0.2, 0.25) is 0 Å². The normalized spacial score (nSPS) is 17.4. The molecular weight excluding hydrogens is 412 g/mol. The van der Waals surface area contributed by atoms with Crippen LogP contribution in [0, 0.1) is 11.8 Å². The van der Waals surface area contributed by atoms with E-state index in [4.69, 9.17) is 0 Å². The van der Waals surface area contributed by atoms with Crippen molar-refractivity contribution in [3.05, 3.63) is 22.8 Å². The van der Waals surface area contributed by atoms with Crippen LogP contribution in [0.5, 0.6) is 0 Å². The van der Waals surface area contributed by atoms with E-state index in [1.165, 1.54) is 0 Å². The van der Waals surface area contributed by atoms with Crippen LogP contribution in [0.4, 0.5) is 5.82 Å². The van der Waals surface area contributed by atoms with Crippen molar-refractivity contribution in [3.63, 3.8) is 0 Å². The van der Waals surface area contributed by atoms with Gasteiger partial charge in [-0.2, -0.15) is 0 Å². The van der Waals surface area contributed by atoms with Crippen molar-refractivity contribution in [1.82, 2.24) is 15.2 Å². The maximum Gasteiger partial charge on any atom is 0.228 e. The van der Waals surface area contributed by atoms with Crippen LogP contribution in [0.15, 0.2) is 22.8 Å². The van der Waals surface area contributed by atoms with Gasteiger partial charge in [0.1, 0.15) is 5.82 Å². The molecule has 7 nitrogen and oxygen atoms in total. The quantitative estimate of drug-likeness (QED) is 0.641. The van der Waals surface area contributed by atoms with E-state index in [1.807, 2.05) is 11.0 Å². The van der Waals surface area contributed by atoms with E-state index in [0.717, 1.165) is 17.3 Å². The molecule has 146 valence electrons. The third-order valence-electron chi connectivity index (χ3n) is 5.01. The van der Waals surface area contributed by atoms with E-state index in [1.54, 1.807) is 12.3 Å². The van der Waals surface area contributed by atoms with Crippen molar-refractivity contribution >= 4 is 39.5 Å². The van der Waals surface area contributed by atoms with Crippen LogP contribution in [0.1, 0.15) is 38.5 Å². The Balaban J connectivity index is 1.33. The summed E-state index contributed by atoms with van der Waals surface area (Å²) in [4.78, 5) is 42.2. The van der Waals surface area contributed by atoms with Crippen LogP contribution < -0.4 is 10.6 Å². The van der Waals surface area contributed by atoms with Gasteiger partial charge in [0.15, 0.2) is 0 Å². The number of rotatable bonds is 7. The van der Waals surface area contributed by atoms with Crippen LogP contribution >= 0.6 is 15.9 Å². The van der Waals surface area contributed by atoms with E-state index in [0.29, 0.717) is 51.1 Å². The van der Waals surface area contributed by atoms with Crippen molar-refractivity contribution in [2.45, 2.75) is 38.5 Å². The van der Waals surface area contributed by atoms with E-state index >= 15 is 0 Å². The summed E-state index contributed by atoms with van der Waals surface area (Å²) in [7, 11) is 0. The molecule has 0 spiro atoms. The predicted molar refractivity (Wildman–Crippen MR) is 105 cm³/mol. The molecule has 27 heavy (non-hydrogen) atoms. The van der Waals surface area contributed by atoms with Crippen LogP contribution in [-0.2, 0) is 14.4 Å². The fourth-order valence-corrected chi connectivity index (χ4v) is 3.40. The molecule has 1 saturated carbocycles. The summed E-state index contributed by atoms with van der Waals surface area (Å²) in [5.41, 5.74) is 0. The molecule has 3 amide bonds. The highest BCUT2D eigenvalue weighted by atomic mass is 79.9. The van der Waals surface area contributed by atoms with Crippen molar-refractivity contribution in [2.75, 3.05) is 25.0 Å². The molecule has 8 heteroatoms. The zero-order valence-electron chi connectivity index (χ0n) is 15.2. The minimum Gasteiger partial charge on any atom is -0.356 e. The highest BCUT2D eigenvalue weighted by Gasteiger charge is 2.29. The fourth-order valence-electron chi connectivity index (χ4n) is 3.17. The zero-order valence-corrected chi connectivity index (χ0v) is 16.8. The Bertz CT molecular complexity index is 683. The van der Waals surface area contributed by atoms with Gasteiger partial charge in [0.05, 0.1) is 0 Å². The van der Waals surface area contributed by atoms with Gasteiger partial charge in [-0.15, -0.1) is 0 Å². The Kier molecular flexibility index (Phi) is 6.82. The fraction of sp³-hybridized carbons (Fsp3) is 0.579. The first-order chi connectivity index (χ1) is 13.0. The standard InChI is InChI=1S/C19H25BrN4O3/c20-15-5-6-16(22-12-15)23-19(27)14-7-10-24(11-8-14)17(25)2-1-9-21-18(26)13-3-4-13/h5-6,12-14H,1-4,7-11H2,(H,21,26)(H,22,23,27). The van der Waals surface area contributed by atoms with E-state index in [9.17, 15) is 14.4 Å². The number of nitrogens with zero attached hydrogens (tertiary/aromatic N) is 2. The van der Waals surface area contributed by atoms with Gasteiger partial charge < -0.3 is 15.5 Å². The second-order valence-corrected chi connectivity index (χ2v) is 8.09. The molecule has 2 fully saturated rings. The molecule has 0 bridgehead atoms. The summed E-state index contributed by atoms with van der Waals surface area (Å²) in [5.74, 6) is 0.823. The minimum atomic E-state index is -0.0997. The highest BCUT2D eigenvalue weighted by molar-refractivity contribution is 9.10. The van der Waals surface area contributed by atoms with E-state index < -0.39 is 0 Å². The molecule has 1 aromatic rings. The average Bonchev–Trinajstić information content (AvgIpc) is 3.52. The lowest BCUT2D eigenvalue weighted by Crippen LogP contribution is -2.41. The van der Waals surface area contributed by atoms with E-state index in [2.05, 4.69) is 31.5 Å². The third kappa shape index (κ3) is 6.02. The van der Waals surface area contributed by atoms with Crippen LogP contribution in [0.25, 0.3) is 0 Å². The summed E-state index contributed by atoms with van der Waals surface area (Å²) in [6, 6.07) is 3.58. The maximum absolute atomic E-state index is 12.4.